The predicted octanol–water partition coefficient (Wildman–Crippen LogP) is 6.23. The van der Waals surface area contributed by atoms with Crippen molar-refractivity contribution < 1.29 is 28.2 Å². The molecule has 6 nitrogen and oxygen atoms in total. The first-order valence-corrected chi connectivity index (χ1v) is 12.2. The summed E-state index contributed by atoms with van der Waals surface area (Å²) in [5.74, 6) is -1.08. The van der Waals surface area contributed by atoms with Crippen molar-refractivity contribution >= 4 is 22.6 Å². The Kier molecular flexibility index (Phi) is 7.12. The van der Waals surface area contributed by atoms with E-state index in [1.807, 2.05) is 70.7 Å². The summed E-state index contributed by atoms with van der Waals surface area (Å²) in [7, 11) is 0. The van der Waals surface area contributed by atoms with Gasteiger partial charge in [-0.1, -0.05) is 29.8 Å². The van der Waals surface area contributed by atoms with Crippen LogP contribution in [0.5, 0.6) is 0 Å². The molecule has 0 spiro atoms. The third-order valence-corrected chi connectivity index (χ3v) is 6.64. The van der Waals surface area contributed by atoms with Gasteiger partial charge in [-0.25, -0.2) is 4.79 Å². The number of carboxylic acid groups (broad SMARTS) is 1. The lowest BCUT2D eigenvalue weighted by Crippen LogP contribution is -2.36. The zero-order valence-corrected chi connectivity index (χ0v) is 21.7. The van der Waals surface area contributed by atoms with E-state index in [9.17, 15) is 18.7 Å². The first kappa shape index (κ1) is 26.1. The number of hydrogen-bond acceptors (Lipinski definition) is 4. The molecule has 3 aromatic rings. The standard InChI is InChI=1S/C28H34F2N2O4/c1-16-7-9-19(10-8-16)22-20-15-17(2)32-12-11-31(13-14-35-27(29)30)23(24(20)32)18(3)21(22)25(26(33)34)36-28(4,5)6/h7-10,15,25,27H,11-14H2,1-6H3,(H,33,34)/t25-/m0/s1. The van der Waals surface area contributed by atoms with Crippen molar-refractivity contribution in [3.05, 3.63) is 52.7 Å². The Bertz CT molecular complexity index is 1280. The lowest BCUT2D eigenvalue weighted by atomic mass is 9.87. The SMILES string of the molecule is Cc1ccc(-c2c([C@H](OC(C)(C)C)C(=O)O)c(C)c3c4c2cc(C)n4CCN3CCOC(F)F)cc1. The van der Waals surface area contributed by atoms with Gasteiger partial charge in [-0.15, -0.1) is 0 Å². The average molecular weight is 501 g/mol. The van der Waals surface area contributed by atoms with Crippen molar-refractivity contribution in [3.63, 3.8) is 0 Å². The Balaban J connectivity index is 2.04. The van der Waals surface area contributed by atoms with Crippen LogP contribution in [0.15, 0.2) is 30.3 Å². The molecule has 0 radical (unpaired) electrons. The fraction of sp³-hybridized carbons (Fsp3) is 0.464. The molecule has 4 rings (SSSR count). The molecule has 0 bridgehead atoms. The highest BCUT2D eigenvalue weighted by atomic mass is 19.3. The van der Waals surface area contributed by atoms with Crippen molar-refractivity contribution in [3.8, 4) is 11.1 Å². The number of halogens is 2. The summed E-state index contributed by atoms with van der Waals surface area (Å²) in [6, 6.07) is 10.1. The van der Waals surface area contributed by atoms with Gasteiger partial charge in [-0.3, -0.25) is 0 Å². The maximum absolute atomic E-state index is 12.7. The molecule has 36 heavy (non-hydrogen) atoms. The van der Waals surface area contributed by atoms with Gasteiger partial charge in [0.2, 0.25) is 0 Å². The van der Waals surface area contributed by atoms with Crippen LogP contribution in [0.3, 0.4) is 0 Å². The minimum Gasteiger partial charge on any atom is -0.479 e. The van der Waals surface area contributed by atoms with E-state index in [0.29, 0.717) is 18.7 Å². The highest BCUT2D eigenvalue weighted by Gasteiger charge is 2.36. The monoisotopic (exact) mass is 500 g/mol. The number of aliphatic carboxylic acids is 1. The second-order valence-corrected chi connectivity index (χ2v) is 10.4. The van der Waals surface area contributed by atoms with E-state index < -0.39 is 24.3 Å². The van der Waals surface area contributed by atoms with Crippen LogP contribution in [0.25, 0.3) is 22.0 Å². The van der Waals surface area contributed by atoms with E-state index in [0.717, 1.165) is 44.5 Å². The number of ether oxygens (including phenoxy) is 2. The van der Waals surface area contributed by atoms with Crippen LogP contribution >= 0.6 is 0 Å². The topological polar surface area (TPSA) is 63.9 Å². The van der Waals surface area contributed by atoms with Crippen LogP contribution in [0.1, 0.15) is 49.3 Å². The smallest absolute Gasteiger partial charge is 0.345 e. The van der Waals surface area contributed by atoms with E-state index in [2.05, 4.69) is 15.4 Å². The highest BCUT2D eigenvalue weighted by molar-refractivity contribution is 6.07. The van der Waals surface area contributed by atoms with Crippen molar-refractivity contribution in [1.29, 1.82) is 0 Å². The second kappa shape index (κ2) is 9.82. The summed E-state index contributed by atoms with van der Waals surface area (Å²) in [5.41, 5.74) is 6.37. The quantitative estimate of drug-likeness (QED) is 0.397. The molecule has 0 fully saturated rings. The molecule has 1 aliphatic heterocycles. The van der Waals surface area contributed by atoms with Gasteiger partial charge < -0.3 is 24.0 Å². The van der Waals surface area contributed by atoms with Crippen LogP contribution in [0.4, 0.5) is 14.5 Å². The van der Waals surface area contributed by atoms with Crippen LogP contribution in [0, 0.1) is 20.8 Å². The van der Waals surface area contributed by atoms with Crippen molar-refractivity contribution in [1.82, 2.24) is 4.57 Å². The molecule has 0 saturated carbocycles. The Morgan fingerprint density at radius 2 is 1.78 bits per heavy atom. The summed E-state index contributed by atoms with van der Waals surface area (Å²) < 4.78 is 38.3. The fourth-order valence-electron chi connectivity index (χ4n) is 5.19. The molecule has 1 aromatic heterocycles. The first-order valence-electron chi connectivity index (χ1n) is 12.2. The number of rotatable bonds is 8. The third-order valence-electron chi connectivity index (χ3n) is 6.64. The first-order chi connectivity index (χ1) is 16.9. The van der Waals surface area contributed by atoms with E-state index in [1.165, 1.54) is 0 Å². The van der Waals surface area contributed by atoms with Crippen LogP contribution < -0.4 is 4.90 Å². The maximum atomic E-state index is 12.7. The molecule has 0 amide bonds. The largest absolute Gasteiger partial charge is 0.479 e. The summed E-state index contributed by atoms with van der Waals surface area (Å²) in [6.07, 6.45) is -1.22. The lowest BCUT2D eigenvalue weighted by Gasteiger charge is -2.36. The number of aromatic nitrogens is 1. The lowest BCUT2D eigenvalue weighted by molar-refractivity contribution is -0.160. The average Bonchev–Trinajstić information content (AvgIpc) is 3.11. The Hall–Kier alpha value is -2.97. The zero-order chi connectivity index (χ0) is 26.4. The summed E-state index contributed by atoms with van der Waals surface area (Å²) in [6.45, 7) is 10.1. The number of alkyl halides is 2. The molecule has 1 aliphatic rings. The van der Waals surface area contributed by atoms with Gasteiger partial charge in [0.1, 0.15) is 0 Å². The van der Waals surface area contributed by atoms with Crippen LogP contribution in [-0.4, -0.2) is 47.6 Å². The summed E-state index contributed by atoms with van der Waals surface area (Å²) in [4.78, 5) is 14.7. The van der Waals surface area contributed by atoms with Gasteiger partial charge in [0.25, 0.3) is 0 Å². The molecule has 2 heterocycles. The number of carbonyl (C=O) groups is 1. The number of carboxylic acids is 1. The van der Waals surface area contributed by atoms with Crippen LogP contribution in [0.2, 0.25) is 0 Å². The highest BCUT2D eigenvalue weighted by Crippen LogP contribution is 2.47. The fourth-order valence-corrected chi connectivity index (χ4v) is 5.19. The number of nitrogens with zero attached hydrogens (tertiary/aromatic N) is 2. The Morgan fingerprint density at radius 1 is 1.11 bits per heavy atom. The van der Waals surface area contributed by atoms with E-state index >= 15 is 0 Å². The van der Waals surface area contributed by atoms with Crippen molar-refractivity contribution in [2.45, 2.75) is 66.4 Å². The number of anilines is 1. The Labute approximate surface area is 210 Å². The minimum atomic E-state index is -2.84. The predicted molar refractivity (Wildman–Crippen MR) is 137 cm³/mol. The molecule has 0 unspecified atom stereocenters. The van der Waals surface area contributed by atoms with E-state index in [4.69, 9.17) is 4.74 Å². The van der Waals surface area contributed by atoms with Gasteiger partial charge >= 0.3 is 12.6 Å². The molecule has 1 atom stereocenters. The molecule has 1 N–H and O–H groups in total. The molecule has 0 saturated heterocycles. The van der Waals surface area contributed by atoms with E-state index in [1.54, 1.807) is 0 Å². The summed E-state index contributed by atoms with van der Waals surface area (Å²) in [5, 5.41) is 11.3. The number of benzene rings is 2. The molecule has 8 heteroatoms. The van der Waals surface area contributed by atoms with Crippen molar-refractivity contribution in [2.24, 2.45) is 0 Å². The molecule has 194 valence electrons. The van der Waals surface area contributed by atoms with E-state index in [-0.39, 0.29) is 13.2 Å². The minimum absolute atomic E-state index is 0.131. The normalized spacial score (nSPS) is 14.6. The zero-order valence-electron chi connectivity index (χ0n) is 21.7. The molecular weight excluding hydrogens is 466 g/mol. The van der Waals surface area contributed by atoms with Gasteiger partial charge in [-0.05, 0) is 64.3 Å². The maximum Gasteiger partial charge on any atom is 0.345 e. The number of hydrogen-bond donors (Lipinski definition) is 1. The molecular formula is C28H34F2N2O4. The van der Waals surface area contributed by atoms with Gasteiger partial charge in [0.05, 0.1) is 23.4 Å². The molecule has 2 aromatic carbocycles. The van der Waals surface area contributed by atoms with Gasteiger partial charge in [-0.2, -0.15) is 8.78 Å². The van der Waals surface area contributed by atoms with Crippen LogP contribution in [-0.2, 0) is 20.8 Å². The Morgan fingerprint density at radius 3 is 2.36 bits per heavy atom. The van der Waals surface area contributed by atoms with Gasteiger partial charge in [0.15, 0.2) is 6.10 Å². The van der Waals surface area contributed by atoms with Crippen molar-refractivity contribution in [2.75, 3.05) is 24.6 Å². The van der Waals surface area contributed by atoms with Gasteiger partial charge in [0, 0.05) is 36.3 Å². The summed E-state index contributed by atoms with van der Waals surface area (Å²) >= 11 is 0. The third kappa shape index (κ3) is 4.97. The number of aryl methyl sites for hydroxylation is 2. The second-order valence-electron chi connectivity index (χ2n) is 10.4. The molecule has 0 aliphatic carbocycles.